The molecule has 0 radical (unpaired) electrons. The van der Waals surface area contributed by atoms with Gasteiger partial charge in [0.15, 0.2) is 0 Å². The lowest BCUT2D eigenvalue weighted by Crippen LogP contribution is -2.47. The highest BCUT2D eigenvalue weighted by molar-refractivity contribution is 5.94. The number of amides is 1. The molecule has 2 N–H and O–H groups in total. The normalized spacial score (nSPS) is 17.5. The zero-order valence-corrected chi connectivity index (χ0v) is 13.7. The number of hydrogen-bond donors (Lipinski definition) is 1. The minimum absolute atomic E-state index is 0.0389. The number of carbonyl (C=O) groups is 1. The number of benzene rings is 1. The van der Waals surface area contributed by atoms with Crippen LogP contribution in [0.4, 0.5) is 0 Å². The Labute approximate surface area is 142 Å². The summed E-state index contributed by atoms with van der Waals surface area (Å²) in [5.41, 5.74) is 7.47. The number of hydrogen-bond acceptors (Lipinski definition) is 4. The Hall–Kier alpha value is -2.40. The van der Waals surface area contributed by atoms with Crippen LogP contribution in [0.3, 0.4) is 0 Å². The molecule has 1 unspecified atom stereocenters. The van der Waals surface area contributed by atoms with Gasteiger partial charge in [-0.15, -0.1) is 0 Å². The summed E-state index contributed by atoms with van der Waals surface area (Å²) in [6.07, 6.45) is 6.67. The standard InChI is InChI=1S/C19H23N3O2/c20-12-17-7-1-2-10-22(17)19(23)16-6-3-8-18(11-16)24-14-15-5-4-9-21-13-15/h3-6,8-9,11,13,17H,1-2,7,10,12,14,20H2. The van der Waals surface area contributed by atoms with Crippen LogP contribution in [0.5, 0.6) is 5.75 Å². The smallest absolute Gasteiger partial charge is 0.254 e. The Morgan fingerprint density at radius 3 is 3.00 bits per heavy atom. The second-order valence-corrected chi connectivity index (χ2v) is 6.06. The van der Waals surface area contributed by atoms with Gasteiger partial charge in [0.1, 0.15) is 12.4 Å². The molecule has 5 heteroatoms. The highest BCUT2D eigenvalue weighted by Crippen LogP contribution is 2.21. The highest BCUT2D eigenvalue weighted by Gasteiger charge is 2.26. The molecule has 0 aliphatic carbocycles. The molecule has 2 heterocycles. The Balaban J connectivity index is 1.69. The summed E-state index contributed by atoms with van der Waals surface area (Å²) >= 11 is 0. The van der Waals surface area contributed by atoms with Crippen molar-refractivity contribution in [2.24, 2.45) is 5.73 Å². The van der Waals surface area contributed by atoms with Crippen molar-refractivity contribution in [3.63, 3.8) is 0 Å². The first-order chi connectivity index (χ1) is 11.8. The monoisotopic (exact) mass is 325 g/mol. The summed E-state index contributed by atoms with van der Waals surface area (Å²) in [6, 6.07) is 11.3. The Morgan fingerprint density at radius 1 is 1.29 bits per heavy atom. The summed E-state index contributed by atoms with van der Waals surface area (Å²) in [5, 5.41) is 0. The van der Waals surface area contributed by atoms with E-state index in [2.05, 4.69) is 4.98 Å². The molecule has 1 aliphatic rings. The van der Waals surface area contributed by atoms with Crippen LogP contribution >= 0.6 is 0 Å². The second-order valence-electron chi connectivity index (χ2n) is 6.06. The average molecular weight is 325 g/mol. The second kappa shape index (κ2) is 7.93. The van der Waals surface area contributed by atoms with Crippen LogP contribution in [0.2, 0.25) is 0 Å². The third-order valence-corrected chi connectivity index (χ3v) is 4.37. The van der Waals surface area contributed by atoms with Gasteiger partial charge >= 0.3 is 0 Å². The molecule has 24 heavy (non-hydrogen) atoms. The maximum atomic E-state index is 12.8. The van der Waals surface area contributed by atoms with Gasteiger partial charge in [-0.05, 0) is 43.5 Å². The molecule has 1 aliphatic heterocycles. The number of aromatic nitrogens is 1. The first kappa shape index (κ1) is 16.5. The maximum Gasteiger partial charge on any atom is 0.254 e. The molecule has 1 atom stereocenters. The van der Waals surface area contributed by atoms with Crippen molar-refractivity contribution in [3.8, 4) is 5.75 Å². The van der Waals surface area contributed by atoms with E-state index in [0.29, 0.717) is 24.5 Å². The zero-order chi connectivity index (χ0) is 16.8. The first-order valence-corrected chi connectivity index (χ1v) is 8.41. The fourth-order valence-corrected chi connectivity index (χ4v) is 3.05. The van der Waals surface area contributed by atoms with Gasteiger partial charge in [0, 0.05) is 42.7 Å². The SMILES string of the molecule is NCC1CCCCN1C(=O)c1cccc(OCc2cccnc2)c1. The molecule has 2 aromatic rings. The van der Waals surface area contributed by atoms with Crippen molar-refractivity contribution in [3.05, 3.63) is 59.9 Å². The van der Waals surface area contributed by atoms with E-state index in [4.69, 9.17) is 10.5 Å². The molecule has 0 saturated carbocycles. The molecular formula is C19H23N3O2. The van der Waals surface area contributed by atoms with Gasteiger partial charge in [0.05, 0.1) is 0 Å². The van der Waals surface area contributed by atoms with Crippen LogP contribution in [0.15, 0.2) is 48.8 Å². The van der Waals surface area contributed by atoms with Crippen LogP contribution in [0.25, 0.3) is 0 Å². The minimum atomic E-state index is 0.0389. The lowest BCUT2D eigenvalue weighted by atomic mass is 10.0. The lowest BCUT2D eigenvalue weighted by Gasteiger charge is -2.35. The number of nitrogens with zero attached hydrogens (tertiary/aromatic N) is 2. The topological polar surface area (TPSA) is 68.5 Å². The van der Waals surface area contributed by atoms with Crippen molar-refractivity contribution in [2.45, 2.75) is 31.9 Å². The highest BCUT2D eigenvalue weighted by atomic mass is 16.5. The maximum absolute atomic E-state index is 12.8. The van der Waals surface area contributed by atoms with E-state index in [1.165, 1.54) is 0 Å². The van der Waals surface area contributed by atoms with Gasteiger partial charge in [-0.2, -0.15) is 0 Å². The van der Waals surface area contributed by atoms with Crippen molar-refractivity contribution >= 4 is 5.91 Å². The van der Waals surface area contributed by atoms with Crippen molar-refractivity contribution in [2.75, 3.05) is 13.1 Å². The summed E-state index contributed by atoms with van der Waals surface area (Å²) in [7, 11) is 0. The van der Waals surface area contributed by atoms with Gasteiger partial charge in [-0.3, -0.25) is 9.78 Å². The molecule has 1 amide bonds. The van der Waals surface area contributed by atoms with Crippen molar-refractivity contribution in [1.29, 1.82) is 0 Å². The number of piperidine rings is 1. The summed E-state index contributed by atoms with van der Waals surface area (Å²) in [6.45, 7) is 1.73. The summed E-state index contributed by atoms with van der Waals surface area (Å²) in [4.78, 5) is 18.8. The third-order valence-electron chi connectivity index (χ3n) is 4.37. The van der Waals surface area contributed by atoms with Crippen LogP contribution in [-0.4, -0.2) is 34.9 Å². The van der Waals surface area contributed by atoms with E-state index in [1.807, 2.05) is 35.2 Å². The Bertz CT molecular complexity index is 675. The van der Waals surface area contributed by atoms with E-state index < -0.39 is 0 Å². The number of carbonyl (C=O) groups excluding carboxylic acids is 1. The largest absolute Gasteiger partial charge is 0.489 e. The van der Waals surface area contributed by atoms with Gasteiger partial charge in [-0.25, -0.2) is 0 Å². The minimum Gasteiger partial charge on any atom is -0.489 e. The number of rotatable bonds is 5. The van der Waals surface area contributed by atoms with Crippen LogP contribution in [0, 0.1) is 0 Å². The first-order valence-electron chi connectivity index (χ1n) is 8.41. The van der Waals surface area contributed by atoms with Gasteiger partial charge in [0.2, 0.25) is 0 Å². The molecule has 1 aromatic carbocycles. The van der Waals surface area contributed by atoms with Crippen molar-refractivity contribution in [1.82, 2.24) is 9.88 Å². The summed E-state index contributed by atoms with van der Waals surface area (Å²) in [5.74, 6) is 0.725. The lowest BCUT2D eigenvalue weighted by molar-refractivity contribution is 0.0623. The van der Waals surface area contributed by atoms with Gasteiger partial charge in [-0.1, -0.05) is 12.1 Å². The third kappa shape index (κ3) is 3.92. The quantitative estimate of drug-likeness (QED) is 0.917. The molecule has 1 fully saturated rings. The van der Waals surface area contributed by atoms with Crippen molar-refractivity contribution < 1.29 is 9.53 Å². The zero-order valence-electron chi connectivity index (χ0n) is 13.7. The van der Waals surface area contributed by atoms with Crippen LogP contribution in [-0.2, 0) is 6.61 Å². The van der Waals surface area contributed by atoms with E-state index in [-0.39, 0.29) is 11.9 Å². The van der Waals surface area contributed by atoms with Gasteiger partial charge < -0.3 is 15.4 Å². The number of likely N-dealkylation sites (tertiary alicyclic amines) is 1. The van der Waals surface area contributed by atoms with E-state index >= 15 is 0 Å². The molecule has 1 saturated heterocycles. The number of pyridine rings is 1. The molecule has 126 valence electrons. The summed E-state index contributed by atoms with van der Waals surface area (Å²) < 4.78 is 5.79. The Kier molecular flexibility index (Phi) is 5.43. The predicted molar refractivity (Wildman–Crippen MR) is 92.7 cm³/mol. The number of nitrogens with two attached hydrogens (primary N) is 1. The molecule has 5 nitrogen and oxygen atoms in total. The fraction of sp³-hybridized carbons (Fsp3) is 0.368. The van der Waals surface area contributed by atoms with Gasteiger partial charge in [0.25, 0.3) is 5.91 Å². The van der Waals surface area contributed by atoms with E-state index in [1.54, 1.807) is 18.5 Å². The molecule has 0 bridgehead atoms. The fourth-order valence-electron chi connectivity index (χ4n) is 3.05. The molecule has 0 spiro atoms. The molecule has 3 rings (SSSR count). The van der Waals surface area contributed by atoms with E-state index in [0.717, 1.165) is 31.4 Å². The van der Waals surface area contributed by atoms with Crippen LogP contribution < -0.4 is 10.5 Å². The number of ether oxygens (including phenoxy) is 1. The predicted octanol–water partition coefficient (Wildman–Crippen LogP) is 2.61. The Morgan fingerprint density at radius 2 is 2.21 bits per heavy atom. The van der Waals surface area contributed by atoms with Crippen LogP contribution in [0.1, 0.15) is 35.2 Å². The van der Waals surface area contributed by atoms with E-state index in [9.17, 15) is 4.79 Å². The molecular weight excluding hydrogens is 302 g/mol. The average Bonchev–Trinajstić information content (AvgIpc) is 2.67. The molecule has 1 aromatic heterocycles.